The van der Waals surface area contributed by atoms with Crippen LogP contribution >= 0.6 is 12.2 Å². The van der Waals surface area contributed by atoms with Crippen LogP contribution in [0, 0.1) is 26.6 Å². The fourth-order valence-electron chi connectivity index (χ4n) is 4.75. The summed E-state index contributed by atoms with van der Waals surface area (Å²) >= 11 is 5.83. The van der Waals surface area contributed by atoms with E-state index in [1.807, 2.05) is 48.7 Å². The normalized spacial score (nSPS) is 17.9. The number of nitrogens with zero attached hydrogens (tertiary/aromatic N) is 3. The molecule has 3 heterocycles. The highest BCUT2D eigenvalue weighted by Gasteiger charge is 2.42. The van der Waals surface area contributed by atoms with Crippen molar-refractivity contribution in [3.05, 3.63) is 113 Å². The van der Waals surface area contributed by atoms with E-state index in [9.17, 15) is 4.39 Å². The average Bonchev–Trinajstić information content (AvgIpc) is 3.31. The summed E-state index contributed by atoms with van der Waals surface area (Å²) in [6.45, 7) is 6.12. The van der Waals surface area contributed by atoms with Crippen LogP contribution < -0.4 is 10.2 Å². The zero-order chi connectivity index (χ0) is 23.1. The van der Waals surface area contributed by atoms with E-state index < -0.39 is 0 Å². The molecule has 6 heteroatoms. The molecule has 2 aromatic heterocycles. The molecule has 0 amide bonds. The number of aromatic nitrogens is 2. The van der Waals surface area contributed by atoms with E-state index >= 15 is 0 Å². The van der Waals surface area contributed by atoms with Crippen LogP contribution in [0.1, 0.15) is 40.3 Å². The largest absolute Gasteiger partial charge is 0.351 e. The molecule has 1 aliphatic rings. The fourth-order valence-corrected chi connectivity index (χ4v) is 5.09. The fraction of sp³-hybridized carbons (Fsp3) is 0.185. The van der Waals surface area contributed by atoms with E-state index in [2.05, 4.69) is 52.5 Å². The third kappa shape index (κ3) is 3.70. The molecule has 0 bridgehead atoms. The molecule has 2 atom stereocenters. The third-order valence-corrected chi connectivity index (χ3v) is 6.61. The molecule has 0 radical (unpaired) electrons. The van der Waals surface area contributed by atoms with Gasteiger partial charge in [-0.3, -0.25) is 4.98 Å². The number of hydrogen-bond donors (Lipinski definition) is 1. The van der Waals surface area contributed by atoms with E-state index in [1.165, 1.54) is 11.6 Å². The molecule has 1 N–H and O–H groups in total. The number of benzene rings is 2. The first-order chi connectivity index (χ1) is 16.0. The standard InChI is InChI=1S/C27H25FN4S/c1-17-11-13-20(14-12-17)32-26(25(30-27(32)33)23-9-6-7-15-29-23)21-16-18(2)31(19(21)3)24-10-5-4-8-22(24)28/h4-16,25-26H,1-3H3,(H,30,33). The van der Waals surface area contributed by atoms with Crippen molar-refractivity contribution < 1.29 is 4.39 Å². The van der Waals surface area contributed by atoms with Gasteiger partial charge in [-0.2, -0.15) is 0 Å². The van der Waals surface area contributed by atoms with Crippen molar-refractivity contribution in [2.75, 3.05) is 4.90 Å². The lowest BCUT2D eigenvalue weighted by atomic mass is 9.96. The van der Waals surface area contributed by atoms with Gasteiger partial charge in [0.1, 0.15) is 5.82 Å². The van der Waals surface area contributed by atoms with Crippen molar-refractivity contribution in [1.29, 1.82) is 0 Å². The summed E-state index contributed by atoms with van der Waals surface area (Å²) < 4.78 is 16.7. The molecule has 1 aliphatic heterocycles. The second-order valence-corrected chi connectivity index (χ2v) is 8.83. The van der Waals surface area contributed by atoms with Gasteiger partial charge in [-0.25, -0.2) is 4.39 Å². The highest BCUT2D eigenvalue weighted by Crippen LogP contribution is 2.43. The number of pyridine rings is 1. The smallest absolute Gasteiger partial charge is 0.174 e. The first-order valence-electron chi connectivity index (χ1n) is 11.0. The number of para-hydroxylation sites is 1. The highest BCUT2D eigenvalue weighted by molar-refractivity contribution is 7.80. The Balaban J connectivity index is 1.69. The summed E-state index contributed by atoms with van der Waals surface area (Å²) in [5.74, 6) is -0.248. The van der Waals surface area contributed by atoms with Crippen molar-refractivity contribution >= 4 is 23.0 Å². The molecule has 33 heavy (non-hydrogen) atoms. The SMILES string of the molecule is Cc1ccc(N2C(=S)NC(c3ccccn3)C2c2cc(C)n(-c3ccccc3F)c2C)cc1. The highest BCUT2D eigenvalue weighted by atomic mass is 32.1. The summed E-state index contributed by atoms with van der Waals surface area (Å²) in [5.41, 5.74) is 6.68. The molecule has 4 nitrogen and oxygen atoms in total. The van der Waals surface area contributed by atoms with Gasteiger partial charge in [-0.1, -0.05) is 35.9 Å². The predicted octanol–water partition coefficient (Wildman–Crippen LogP) is 6.11. The van der Waals surface area contributed by atoms with E-state index in [0.717, 1.165) is 28.3 Å². The Morgan fingerprint density at radius 2 is 1.67 bits per heavy atom. The van der Waals surface area contributed by atoms with Crippen molar-refractivity contribution in [2.45, 2.75) is 32.9 Å². The van der Waals surface area contributed by atoms with Crippen LogP contribution in [0.2, 0.25) is 0 Å². The number of nitrogens with one attached hydrogen (secondary N) is 1. The summed E-state index contributed by atoms with van der Waals surface area (Å²) in [4.78, 5) is 6.78. The lowest BCUT2D eigenvalue weighted by Crippen LogP contribution is -2.29. The van der Waals surface area contributed by atoms with Crippen LogP contribution in [0.3, 0.4) is 0 Å². The Morgan fingerprint density at radius 3 is 2.36 bits per heavy atom. The Hall–Kier alpha value is -3.51. The van der Waals surface area contributed by atoms with Crippen LogP contribution in [0.25, 0.3) is 5.69 Å². The Bertz CT molecular complexity index is 1310. The molecule has 5 rings (SSSR count). The quantitative estimate of drug-likeness (QED) is 0.376. The number of aryl methyl sites for hydroxylation is 2. The van der Waals surface area contributed by atoms with Crippen molar-refractivity contribution in [2.24, 2.45) is 0 Å². The molecule has 2 aromatic carbocycles. The molecule has 0 spiro atoms. The number of hydrogen-bond acceptors (Lipinski definition) is 2. The molecular formula is C27H25FN4S. The van der Waals surface area contributed by atoms with Gasteiger partial charge < -0.3 is 14.8 Å². The van der Waals surface area contributed by atoms with E-state index in [-0.39, 0.29) is 17.9 Å². The molecule has 1 saturated heterocycles. The van der Waals surface area contributed by atoms with Crippen LogP contribution in [-0.2, 0) is 0 Å². The zero-order valence-corrected chi connectivity index (χ0v) is 19.6. The number of anilines is 1. The monoisotopic (exact) mass is 456 g/mol. The van der Waals surface area contributed by atoms with Crippen molar-refractivity contribution in [3.8, 4) is 5.69 Å². The van der Waals surface area contributed by atoms with Gasteiger partial charge in [-0.15, -0.1) is 0 Å². The maximum atomic E-state index is 14.7. The van der Waals surface area contributed by atoms with E-state index in [1.54, 1.807) is 12.3 Å². The van der Waals surface area contributed by atoms with Crippen molar-refractivity contribution in [1.82, 2.24) is 14.9 Å². The minimum Gasteiger partial charge on any atom is -0.351 e. The average molecular weight is 457 g/mol. The summed E-state index contributed by atoms with van der Waals surface area (Å²) in [5, 5.41) is 4.15. The molecule has 0 saturated carbocycles. The Labute approximate surface area is 198 Å². The van der Waals surface area contributed by atoms with E-state index in [0.29, 0.717) is 10.8 Å². The van der Waals surface area contributed by atoms with E-state index in [4.69, 9.17) is 12.2 Å². The molecule has 166 valence electrons. The minimum atomic E-state index is -0.248. The van der Waals surface area contributed by atoms with Gasteiger partial charge in [0.05, 0.1) is 23.5 Å². The van der Waals surface area contributed by atoms with Crippen LogP contribution in [-0.4, -0.2) is 14.7 Å². The first kappa shape index (κ1) is 21.3. The third-order valence-electron chi connectivity index (χ3n) is 6.29. The minimum absolute atomic E-state index is 0.137. The molecule has 2 unspecified atom stereocenters. The van der Waals surface area contributed by atoms with Crippen molar-refractivity contribution in [3.63, 3.8) is 0 Å². The van der Waals surface area contributed by atoms with Crippen LogP contribution in [0.15, 0.2) is 79.0 Å². The van der Waals surface area contributed by atoms with Gasteiger partial charge in [0.25, 0.3) is 0 Å². The molecular weight excluding hydrogens is 431 g/mol. The lowest BCUT2D eigenvalue weighted by molar-refractivity contribution is 0.564. The van der Waals surface area contributed by atoms with Gasteiger partial charge in [0, 0.05) is 23.3 Å². The Morgan fingerprint density at radius 1 is 0.939 bits per heavy atom. The van der Waals surface area contributed by atoms with Gasteiger partial charge in [-0.05, 0) is 81.0 Å². The second kappa shape index (κ2) is 8.45. The zero-order valence-electron chi connectivity index (χ0n) is 18.8. The molecule has 1 fully saturated rings. The summed E-state index contributed by atoms with van der Waals surface area (Å²) in [6, 6.07) is 23.0. The molecule has 0 aliphatic carbocycles. The first-order valence-corrected chi connectivity index (χ1v) is 11.4. The summed E-state index contributed by atoms with van der Waals surface area (Å²) in [7, 11) is 0. The lowest BCUT2D eigenvalue weighted by Gasteiger charge is -2.28. The maximum Gasteiger partial charge on any atom is 0.174 e. The second-order valence-electron chi connectivity index (χ2n) is 8.45. The van der Waals surface area contributed by atoms with Gasteiger partial charge >= 0.3 is 0 Å². The number of rotatable bonds is 4. The predicted molar refractivity (Wildman–Crippen MR) is 134 cm³/mol. The molecule has 4 aromatic rings. The number of halogens is 1. The summed E-state index contributed by atoms with van der Waals surface area (Å²) in [6.07, 6.45) is 1.80. The van der Waals surface area contributed by atoms with Crippen LogP contribution in [0.5, 0.6) is 0 Å². The topological polar surface area (TPSA) is 33.1 Å². The number of thiocarbonyl (C=S) groups is 1. The maximum absolute atomic E-state index is 14.7. The Kier molecular flexibility index (Phi) is 5.46. The van der Waals surface area contributed by atoms with Crippen LogP contribution in [0.4, 0.5) is 10.1 Å². The van der Waals surface area contributed by atoms with Gasteiger partial charge in [0.15, 0.2) is 5.11 Å². The van der Waals surface area contributed by atoms with Gasteiger partial charge in [0.2, 0.25) is 0 Å².